The first-order valence-electron chi connectivity index (χ1n) is 7.44. The SMILES string of the molecule is CC(C)N(CCNC(=O)CC1CCS(=O)(=O)C1)C(C)C. The molecule has 1 rings (SSSR count). The normalized spacial score (nSPS) is 21.9. The Bertz CT molecular complexity index is 410. The number of nitrogens with zero attached hydrogens (tertiary/aromatic N) is 1. The van der Waals surface area contributed by atoms with Gasteiger partial charge in [-0.2, -0.15) is 0 Å². The molecule has 0 aromatic heterocycles. The summed E-state index contributed by atoms with van der Waals surface area (Å²) in [6.07, 6.45) is 0.961. The molecule has 0 radical (unpaired) electrons. The van der Waals surface area contributed by atoms with Crippen molar-refractivity contribution >= 4 is 15.7 Å². The van der Waals surface area contributed by atoms with Crippen LogP contribution in [0, 0.1) is 5.92 Å². The summed E-state index contributed by atoms with van der Waals surface area (Å²) in [5.74, 6) is 0.384. The van der Waals surface area contributed by atoms with Crippen molar-refractivity contribution in [3.05, 3.63) is 0 Å². The summed E-state index contributed by atoms with van der Waals surface area (Å²) >= 11 is 0. The Morgan fingerprint density at radius 1 is 1.25 bits per heavy atom. The molecule has 1 aliphatic rings. The Kier molecular flexibility index (Phi) is 6.45. The molecule has 0 bridgehead atoms. The number of hydrogen-bond donors (Lipinski definition) is 1. The fourth-order valence-electron chi connectivity index (χ4n) is 2.80. The van der Waals surface area contributed by atoms with E-state index >= 15 is 0 Å². The molecule has 0 aliphatic carbocycles. The van der Waals surface area contributed by atoms with Crippen LogP contribution in [0.3, 0.4) is 0 Å². The van der Waals surface area contributed by atoms with Crippen molar-refractivity contribution < 1.29 is 13.2 Å². The summed E-state index contributed by atoms with van der Waals surface area (Å²) in [5.41, 5.74) is 0. The average Bonchev–Trinajstić information content (AvgIpc) is 2.63. The first kappa shape index (κ1) is 17.4. The predicted octanol–water partition coefficient (Wildman–Crippen LogP) is 1.05. The molecule has 0 aromatic carbocycles. The van der Waals surface area contributed by atoms with E-state index in [9.17, 15) is 13.2 Å². The molecule has 1 saturated heterocycles. The number of rotatable bonds is 7. The summed E-state index contributed by atoms with van der Waals surface area (Å²) in [7, 11) is -2.89. The van der Waals surface area contributed by atoms with Crippen LogP contribution < -0.4 is 5.32 Å². The minimum atomic E-state index is -2.89. The lowest BCUT2D eigenvalue weighted by Crippen LogP contribution is -2.42. The van der Waals surface area contributed by atoms with Crippen molar-refractivity contribution in [3.63, 3.8) is 0 Å². The number of nitrogens with one attached hydrogen (secondary N) is 1. The highest BCUT2D eigenvalue weighted by Gasteiger charge is 2.29. The van der Waals surface area contributed by atoms with Crippen LogP contribution in [0.15, 0.2) is 0 Å². The van der Waals surface area contributed by atoms with Crippen molar-refractivity contribution in [3.8, 4) is 0 Å². The average molecular weight is 304 g/mol. The van der Waals surface area contributed by atoms with Crippen LogP contribution in [-0.2, 0) is 14.6 Å². The molecule has 0 spiro atoms. The van der Waals surface area contributed by atoms with Gasteiger partial charge in [0.05, 0.1) is 11.5 Å². The zero-order valence-corrected chi connectivity index (χ0v) is 13.9. The van der Waals surface area contributed by atoms with Gasteiger partial charge in [-0.05, 0) is 40.0 Å². The summed E-state index contributed by atoms with van der Waals surface area (Å²) in [6, 6.07) is 0.902. The third kappa shape index (κ3) is 5.79. The predicted molar refractivity (Wildman–Crippen MR) is 81.4 cm³/mol. The quantitative estimate of drug-likeness (QED) is 0.763. The molecule has 1 atom stereocenters. The molecule has 1 fully saturated rings. The summed E-state index contributed by atoms with van der Waals surface area (Å²) in [5, 5.41) is 2.90. The lowest BCUT2D eigenvalue weighted by Gasteiger charge is -2.30. The highest BCUT2D eigenvalue weighted by atomic mass is 32.2. The molecule has 0 aromatic rings. The highest BCUT2D eigenvalue weighted by Crippen LogP contribution is 2.21. The first-order chi connectivity index (χ1) is 9.21. The zero-order valence-electron chi connectivity index (χ0n) is 13.1. The van der Waals surface area contributed by atoms with Gasteiger partial charge in [-0.15, -0.1) is 0 Å². The summed E-state index contributed by atoms with van der Waals surface area (Å²) in [4.78, 5) is 14.1. The van der Waals surface area contributed by atoms with Gasteiger partial charge in [0.15, 0.2) is 9.84 Å². The van der Waals surface area contributed by atoms with E-state index < -0.39 is 9.84 Å². The van der Waals surface area contributed by atoms with E-state index in [1.54, 1.807) is 0 Å². The third-order valence-corrected chi connectivity index (χ3v) is 5.66. The number of amides is 1. The number of sulfone groups is 1. The van der Waals surface area contributed by atoms with E-state index in [0.717, 1.165) is 6.54 Å². The Labute approximate surface area is 123 Å². The molecular formula is C14H28N2O3S. The molecule has 1 amide bonds. The summed E-state index contributed by atoms with van der Waals surface area (Å²) < 4.78 is 22.7. The van der Waals surface area contributed by atoms with E-state index in [2.05, 4.69) is 37.9 Å². The van der Waals surface area contributed by atoms with Crippen molar-refractivity contribution in [2.24, 2.45) is 5.92 Å². The highest BCUT2D eigenvalue weighted by molar-refractivity contribution is 7.91. The van der Waals surface area contributed by atoms with Gasteiger partial charge in [0.1, 0.15) is 0 Å². The smallest absolute Gasteiger partial charge is 0.220 e. The molecule has 1 N–H and O–H groups in total. The van der Waals surface area contributed by atoms with E-state index in [-0.39, 0.29) is 23.3 Å². The molecule has 118 valence electrons. The summed E-state index contributed by atoms with van der Waals surface area (Å²) in [6.45, 7) is 10.0. The lowest BCUT2D eigenvalue weighted by molar-refractivity contribution is -0.121. The van der Waals surface area contributed by atoms with Crippen molar-refractivity contribution in [2.45, 2.75) is 52.6 Å². The van der Waals surface area contributed by atoms with Crippen LogP contribution in [0.4, 0.5) is 0 Å². The van der Waals surface area contributed by atoms with E-state index in [1.165, 1.54) is 0 Å². The lowest BCUT2D eigenvalue weighted by atomic mass is 10.1. The molecular weight excluding hydrogens is 276 g/mol. The minimum Gasteiger partial charge on any atom is -0.355 e. The second kappa shape index (κ2) is 7.41. The number of carbonyl (C=O) groups excluding carboxylic acids is 1. The molecule has 20 heavy (non-hydrogen) atoms. The number of hydrogen-bond acceptors (Lipinski definition) is 4. The van der Waals surface area contributed by atoms with Gasteiger partial charge >= 0.3 is 0 Å². The fraction of sp³-hybridized carbons (Fsp3) is 0.929. The maximum atomic E-state index is 11.8. The van der Waals surface area contributed by atoms with Crippen LogP contribution in [-0.4, -0.2) is 55.9 Å². The van der Waals surface area contributed by atoms with E-state index in [4.69, 9.17) is 0 Å². The largest absolute Gasteiger partial charge is 0.355 e. The van der Waals surface area contributed by atoms with Crippen molar-refractivity contribution in [1.29, 1.82) is 0 Å². The molecule has 1 heterocycles. The van der Waals surface area contributed by atoms with Gasteiger partial charge in [0.25, 0.3) is 0 Å². The maximum Gasteiger partial charge on any atom is 0.220 e. The second-order valence-corrected chi connectivity index (χ2v) is 8.48. The monoisotopic (exact) mass is 304 g/mol. The maximum absolute atomic E-state index is 11.8. The Morgan fingerprint density at radius 2 is 1.85 bits per heavy atom. The van der Waals surface area contributed by atoms with E-state index in [1.807, 2.05) is 0 Å². The van der Waals surface area contributed by atoms with Gasteiger partial charge in [0.2, 0.25) is 5.91 Å². The minimum absolute atomic E-state index is 0.00583. The van der Waals surface area contributed by atoms with Gasteiger partial charge in [-0.25, -0.2) is 8.42 Å². The van der Waals surface area contributed by atoms with Crippen LogP contribution in [0.1, 0.15) is 40.5 Å². The number of carbonyl (C=O) groups is 1. The third-order valence-electron chi connectivity index (χ3n) is 3.82. The van der Waals surface area contributed by atoms with Crippen molar-refractivity contribution in [1.82, 2.24) is 10.2 Å². The van der Waals surface area contributed by atoms with Gasteiger partial charge in [-0.3, -0.25) is 9.69 Å². The standard InChI is InChI=1S/C14H28N2O3S/c1-11(2)16(12(3)4)7-6-15-14(17)9-13-5-8-20(18,19)10-13/h11-13H,5-10H2,1-4H3,(H,15,17). The second-order valence-electron chi connectivity index (χ2n) is 6.25. The zero-order chi connectivity index (χ0) is 15.3. The van der Waals surface area contributed by atoms with Crippen molar-refractivity contribution in [2.75, 3.05) is 24.6 Å². The molecule has 0 saturated carbocycles. The topological polar surface area (TPSA) is 66.5 Å². The van der Waals surface area contributed by atoms with E-state index in [0.29, 0.717) is 31.5 Å². The molecule has 5 nitrogen and oxygen atoms in total. The van der Waals surface area contributed by atoms with Crippen LogP contribution >= 0.6 is 0 Å². The van der Waals surface area contributed by atoms with Gasteiger partial charge in [0, 0.05) is 31.6 Å². The Morgan fingerprint density at radius 3 is 2.30 bits per heavy atom. The Balaban J connectivity index is 2.27. The fourth-order valence-corrected chi connectivity index (χ4v) is 4.67. The van der Waals surface area contributed by atoms with Crippen LogP contribution in [0.25, 0.3) is 0 Å². The van der Waals surface area contributed by atoms with Crippen LogP contribution in [0.2, 0.25) is 0 Å². The molecule has 6 heteroatoms. The molecule has 1 aliphatic heterocycles. The Hall–Kier alpha value is -0.620. The van der Waals surface area contributed by atoms with Crippen LogP contribution in [0.5, 0.6) is 0 Å². The van der Waals surface area contributed by atoms with Gasteiger partial charge < -0.3 is 5.32 Å². The first-order valence-corrected chi connectivity index (χ1v) is 9.26. The van der Waals surface area contributed by atoms with Gasteiger partial charge in [-0.1, -0.05) is 0 Å². The molecule has 1 unspecified atom stereocenters.